The van der Waals surface area contributed by atoms with Gasteiger partial charge < -0.3 is 4.74 Å². The summed E-state index contributed by atoms with van der Waals surface area (Å²) in [5.74, 6) is -1.78. The number of benzene rings is 1. The van der Waals surface area contributed by atoms with Crippen molar-refractivity contribution in [3.8, 4) is 0 Å². The summed E-state index contributed by atoms with van der Waals surface area (Å²) in [7, 11) is 0. The molecule has 1 aromatic carbocycles. The van der Waals surface area contributed by atoms with Crippen molar-refractivity contribution >= 4 is 23.4 Å². The molecule has 20 heavy (non-hydrogen) atoms. The van der Waals surface area contributed by atoms with Gasteiger partial charge in [0.2, 0.25) is 0 Å². The number of aryl methyl sites for hydroxylation is 1. The Morgan fingerprint density at radius 1 is 1.35 bits per heavy atom. The van der Waals surface area contributed by atoms with Crippen LogP contribution in [0.4, 0.5) is 0 Å². The van der Waals surface area contributed by atoms with Crippen LogP contribution in [0.25, 0.3) is 0 Å². The van der Waals surface area contributed by atoms with E-state index in [1.165, 1.54) is 6.08 Å². The van der Waals surface area contributed by atoms with E-state index in [1.807, 2.05) is 31.2 Å². The molecule has 0 heterocycles. The van der Waals surface area contributed by atoms with Gasteiger partial charge in [0.15, 0.2) is 5.78 Å². The van der Waals surface area contributed by atoms with Crippen LogP contribution in [-0.4, -0.2) is 18.4 Å². The van der Waals surface area contributed by atoms with E-state index in [2.05, 4.69) is 0 Å². The highest BCUT2D eigenvalue weighted by Crippen LogP contribution is 2.38. The van der Waals surface area contributed by atoms with E-state index >= 15 is 0 Å². The van der Waals surface area contributed by atoms with Gasteiger partial charge in [-0.05, 0) is 31.9 Å². The summed E-state index contributed by atoms with van der Waals surface area (Å²) in [5, 5.41) is 0.487. The minimum atomic E-state index is -0.792. The number of esters is 1. The Morgan fingerprint density at radius 2 is 2.00 bits per heavy atom. The number of rotatable bonds is 3. The highest BCUT2D eigenvalue weighted by atomic mass is 35.5. The Bertz CT molecular complexity index is 545. The van der Waals surface area contributed by atoms with Crippen LogP contribution >= 0.6 is 11.6 Å². The van der Waals surface area contributed by atoms with Crippen LogP contribution in [0, 0.1) is 12.8 Å². The quantitative estimate of drug-likeness (QED) is 0.634. The Hall–Kier alpha value is -1.61. The molecular weight excluding hydrogens is 276 g/mol. The molecular formula is C16H17ClO3. The minimum absolute atomic E-state index is 0.250. The molecule has 0 aliphatic heterocycles. The second-order valence-electron chi connectivity index (χ2n) is 4.94. The third kappa shape index (κ3) is 3.10. The van der Waals surface area contributed by atoms with Gasteiger partial charge in [0.25, 0.3) is 0 Å². The van der Waals surface area contributed by atoms with E-state index in [1.54, 1.807) is 6.92 Å². The first-order chi connectivity index (χ1) is 9.52. The molecule has 106 valence electrons. The Morgan fingerprint density at radius 3 is 2.60 bits per heavy atom. The van der Waals surface area contributed by atoms with Crippen molar-refractivity contribution in [3.63, 3.8) is 0 Å². The van der Waals surface area contributed by atoms with Gasteiger partial charge in [0, 0.05) is 11.0 Å². The van der Waals surface area contributed by atoms with Crippen molar-refractivity contribution in [1.29, 1.82) is 0 Å². The molecule has 1 aliphatic rings. The molecule has 3 nitrogen and oxygen atoms in total. The van der Waals surface area contributed by atoms with Crippen LogP contribution in [-0.2, 0) is 14.3 Å². The van der Waals surface area contributed by atoms with Gasteiger partial charge in [-0.3, -0.25) is 9.59 Å². The molecule has 0 bridgehead atoms. The van der Waals surface area contributed by atoms with Gasteiger partial charge in [-0.25, -0.2) is 0 Å². The zero-order chi connectivity index (χ0) is 14.7. The van der Waals surface area contributed by atoms with Gasteiger partial charge >= 0.3 is 5.97 Å². The molecule has 0 N–H and O–H groups in total. The zero-order valence-electron chi connectivity index (χ0n) is 11.6. The average Bonchev–Trinajstić information content (AvgIpc) is 2.38. The predicted molar refractivity (Wildman–Crippen MR) is 77.6 cm³/mol. The summed E-state index contributed by atoms with van der Waals surface area (Å²) in [6.45, 7) is 3.99. The highest BCUT2D eigenvalue weighted by molar-refractivity contribution is 6.32. The molecule has 1 aliphatic carbocycles. The lowest BCUT2D eigenvalue weighted by Crippen LogP contribution is -2.33. The maximum absolute atomic E-state index is 12.1. The normalized spacial score (nSPS) is 22.4. The third-order valence-corrected chi connectivity index (χ3v) is 3.73. The Labute approximate surface area is 123 Å². The summed E-state index contributed by atoms with van der Waals surface area (Å²) < 4.78 is 5.03. The van der Waals surface area contributed by atoms with Crippen LogP contribution in [0.15, 0.2) is 35.4 Å². The fourth-order valence-electron chi connectivity index (χ4n) is 2.47. The van der Waals surface area contributed by atoms with E-state index in [0.29, 0.717) is 11.5 Å². The number of carbonyl (C=O) groups excluding carboxylic acids is 2. The molecule has 2 unspecified atom stereocenters. The number of hydrogen-bond donors (Lipinski definition) is 0. The number of hydrogen-bond acceptors (Lipinski definition) is 3. The lowest BCUT2D eigenvalue weighted by atomic mass is 9.77. The lowest BCUT2D eigenvalue weighted by Gasteiger charge is -2.27. The van der Waals surface area contributed by atoms with E-state index < -0.39 is 11.9 Å². The first-order valence-corrected chi connectivity index (χ1v) is 7.03. The molecule has 0 saturated heterocycles. The molecule has 4 heteroatoms. The highest BCUT2D eigenvalue weighted by Gasteiger charge is 2.39. The topological polar surface area (TPSA) is 43.4 Å². The standard InChI is InChI=1S/C16H17ClO3/c1-3-20-16(19)15-13(8-12(17)9-14(15)18)11-6-4-10(2)5-7-11/h4-7,9,13,15H,3,8H2,1-2H3. The summed E-state index contributed by atoms with van der Waals surface area (Å²) in [4.78, 5) is 24.2. The number of carbonyl (C=O) groups is 2. The molecule has 0 fully saturated rings. The van der Waals surface area contributed by atoms with Gasteiger partial charge in [-0.2, -0.15) is 0 Å². The summed E-state index contributed by atoms with van der Waals surface area (Å²) >= 11 is 6.02. The van der Waals surface area contributed by atoms with Gasteiger partial charge in [-0.1, -0.05) is 41.4 Å². The molecule has 1 aromatic rings. The average molecular weight is 293 g/mol. The van der Waals surface area contributed by atoms with Crippen LogP contribution in [0.3, 0.4) is 0 Å². The molecule has 0 radical (unpaired) electrons. The number of ketones is 1. The molecule has 2 rings (SSSR count). The van der Waals surface area contributed by atoms with Crippen LogP contribution < -0.4 is 0 Å². The predicted octanol–water partition coefficient (Wildman–Crippen LogP) is 3.35. The lowest BCUT2D eigenvalue weighted by molar-refractivity contribution is -0.151. The summed E-state index contributed by atoms with van der Waals surface area (Å²) in [6.07, 6.45) is 1.83. The molecule has 0 amide bonds. The second-order valence-corrected chi connectivity index (χ2v) is 5.43. The van der Waals surface area contributed by atoms with Crippen molar-refractivity contribution in [1.82, 2.24) is 0 Å². The van der Waals surface area contributed by atoms with E-state index in [-0.39, 0.29) is 18.3 Å². The smallest absolute Gasteiger partial charge is 0.317 e. The third-order valence-electron chi connectivity index (χ3n) is 3.47. The second kappa shape index (κ2) is 6.23. The van der Waals surface area contributed by atoms with Gasteiger partial charge in [-0.15, -0.1) is 0 Å². The molecule has 0 saturated carbocycles. The first-order valence-electron chi connectivity index (χ1n) is 6.66. The van der Waals surface area contributed by atoms with Crippen LogP contribution in [0.5, 0.6) is 0 Å². The number of allylic oxidation sites excluding steroid dienone is 2. The summed E-state index contributed by atoms with van der Waals surface area (Å²) in [5.41, 5.74) is 2.07. The van der Waals surface area contributed by atoms with Crippen LogP contribution in [0.2, 0.25) is 0 Å². The molecule has 0 aromatic heterocycles. The largest absolute Gasteiger partial charge is 0.465 e. The van der Waals surface area contributed by atoms with E-state index in [0.717, 1.165) is 11.1 Å². The maximum Gasteiger partial charge on any atom is 0.317 e. The Balaban J connectivity index is 2.36. The van der Waals surface area contributed by atoms with Crippen molar-refractivity contribution in [2.24, 2.45) is 5.92 Å². The van der Waals surface area contributed by atoms with E-state index in [9.17, 15) is 9.59 Å². The van der Waals surface area contributed by atoms with Gasteiger partial charge in [0.1, 0.15) is 5.92 Å². The minimum Gasteiger partial charge on any atom is -0.465 e. The van der Waals surface area contributed by atoms with Crippen molar-refractivity contribution in [2.75, 3.05) is 6.61 Å². The number of ether oxygens (including phenoxy) is 1. The fourth-order valence-corrected chi connectivity index (χ4v) is 2.74. The fraction of sp³-hybridized carbons (Fsp3) is 0.375. The Kier molecular flexibility index (Phi) is 4.61. The first kappa shape index (κ1) is 14.8. The van der Waals surface area contributed by atoms with E-state index in [4.69, 9.17) is 16.3 Å². The zero-order valence-corrected chi connectivity index (χ0v) is 12.3. The van der Waals surface area contributed by atoms with Crippen molar-refractivity contribution < 1.29 is 14.3 Å². The maximum atomic E-state index is 12.1. The molecule has 2 atom stereocenters. The summed E-state index contributed by atoms with van der Waals surface area (Å²) in [6, 6.07) is 7.81. The number of halogens is 1. The van der Waals surface area contributed by atoms with Crippen LogP contribution in [0.1, 0.15) is 30.4 Å². The monoisotopic (exact) mass is 292 g/mol. The SMILES string of the molecule is CCOC(=O)C1C(=O)C=C(Cl)CC1c1ccc(C)cc1. The molecule has 0 spiro atoms. The van der Waals surface area contributed by atoms with Crippen molar-refractivity contribution in [2.45, 2.75) is 26.2 Å². The van der Waals surface area contributed by atoms with Crippen molar-refractivity contribution in [3.05, 3.63) is 46.5 Å². The van der Waals surface area contributed by atoms with Gasteiger partial charge in [0.05, 0.1) is 6.61 Å².